The maximum Gasteiger partial charge on any atom is 0.231 e. The Morgan fingerprint density at radius 1 is 1.30 bits per heavy atom. The SMILES string of the molecule is C[C@H]1CCc2c(sc3ncnc(Oc4ccccc4C#N)c23)C1. The van der Waals surface area contributed by atoms with Crippen LogP contribution < -0.4 is 4.74 Å². The van der Waals surface area contributed by atoms with Gasteiger partial charge in [0.1, 0.15) is 23.0 Å². The van der Waals surface area contributed by atoms with Gasteiger partial charge in [-0.15, -0.1) is 11.3 Å². The van der Waals surface area contributed by atoms with Gasteiger partial charge >= 0.3 is 0 Å². The lowest BCUT2D eigenvalue weighted by Crippen LogP contribution is -2.08. The van der Waals surface area contributed by atoms with E-state index in [1.807, 2.05) is 12.1 Å². The van der Waals surface area contributed by atoms with Gasteiger partial charge < -0.3 is 4.74 Å². The average molecular weight is 321 g/mol. The second kappa shape index (κ2) is 5.64. The first-order valence-electron chi connectivity index (χ1n) is 7.68. The van der Waals surface area contributed by atoms with Crippen molar-refractivity contribution >= 4 is 21.6 Å². The largest absolute Gasteiger partial charge is 0.437 e. The van der Waals surface area contributed by atoms with E-state index in [9.17, 15) is 5.26 Å². The van der Waals surface area contributed by atoms with Crippen molar-refractivity contribution in [1.29, 1.82) is 5.26 Å². The Kier molecular flexibility index (Phi) is 3.47. The number of fused-ring (bicyclic) bond motifs is 3. The van der Waals surface area contributed by atoms with Gasteiger partial charge in [0, 0.05) is 4.88 Å². The predicted octanol–water partition coefficient (Wildman–Crippen LogP) is 4.48. The molecule has 3 aromatic rings. The molecule has 2 aromatic heterocycles. The van der Waals surface area contributed by atoms with E-state index in [0.717, 1.165) is 23.1 Å². The number of benzene rings is 1. The standard InChI is InChI=1S/C18H15N3OS/c1-11-6-7-13-15(8-11)23-18-16(13)17(20-10-21-18)22-14-5-3-2-4-12(14)9-19/h2-5,10-11H,6-8H2,1H3/t11-/m0/s1. The van der Waals surface area contributed by atoms with E-state index in [4.69, 9.17) is 4.74 Å². The Balaban J connectivity index is 1.83. The molecule has 1 aliphatic rings. The summed E-state index contributed by atoms with van der Waals surface area (Å²) in [7, 11) is 0. The maximum absolute atomic E-state index is 9.23. The molecule has 0 spiro atoms. The Hall–Kier alpha value is -2.45. The predicted molar refractivity (Wildman–Crippen MR) is 89.8 cm³/mol. The molecule has 0 radical (unpaired) electrons. The first kappa shape index (κ1) is 14.2. The van der Waals surface area contributed by atoms with E-state index in [0.29, 0.717) is 23.1 Å². The van der Waals surface area contributed by atoms with Crippen LogP contribution in [0.25, 0.3) is 10.2 Å². The summed E-state index contributed by atoms with van der Waals surface area (Å²) >= 11 is 1.74. The van der Waals surface area contributed by atoms with E-state index >= 15 is 0 Å². The highest BCUT2D eigenvalue weighted by molar-refractivity contribution is 7.18. The van der Waals surface area contributed by atoms with E-state index in [1.54, 1.807) is 23.5 Å². The number of ether oxygens (including phenoxy) is 1. The molecule has 1 atom stereocenters. The lowest BCUT2D eigenvalue weighted by atomic mass is 9.89. The fraction of sp³-hybridized carbons (Fsp3) is 0.278. The van der Waals surface area contributed by atoms with Crippen LogP contribution in [0.15, 0.2) is 30.6 Å². The van der Waals surface area contributed by atoms with E-state index < -0.39 is 0 Å². The van der Waals surface area contributed by atoms with Crippen molar-refractivity contribution in [1.82, 2.24) is 9.97 Å². The summed E-state index contributed by atoms with van der Waals surface area (Å²) in [5.41, 5.74) is 1.84. The summed E-state index contributed by atoms with van der Waals surface area (Å²) in [6.45, 7) is 2.29. The quantitative estimate of drug-likeness (QED) is 0.698. The number of thiophene rings is 1. The molecular weight excluding hydrogens is 306 g/mol. The molecule has 2 heterocycles. The van der Waals surface area contributed by atoms with Gasteiger partial charge in [0.15, 0.2) is 0 Å². The van der Waals surface area contributed by atoms with Crippen molar-refractivity contribution in [3.63, 3.8) is 0 Å². The van der Waals surface area contributed by atoms with E-state index in [2.05, 4.69) is 23.0 Å². The zero-order chi connectivity index (χ0) is 15.8. The third-order valence-corrected chi connectivity index (χ3v) is 5.43. The number of aryl methyl sites for hydroxylation is 1. The van der Waals surface area contributed by atoms with Gasteiger partial charge in [-0.2, -0.15) is 5.26 Å². The smallest absolute Gasteiger partial charge is 0.231 e. The molecule has 0 aliphatic heterocycles. The molecule has 0 fully saturated rings. The van der Waals surface area contributed by atoms with Gasteiger partial charge in [0.25, 0.3) is 0 Å². The summed E-state index contributed by atoms with van der Waals surface area (Å²) in [5.74, 6) is 1.82. The third-order valence-electron chi connectivity index (χ3n) is 4.27. The van der Waals surface area contributed by atoms with Crippen molar-refractivity contribution in [2.45, 2.75) is 26.2 Å². The highest BCUT2D eigenvalue weighted by atomic mass is 32.1. The first-order valence-corrected chi connectivity index (χ1v) is 8.50. The van der Waals surface area contributed by atoms with E-state index in [-0.39, 0.29) is 0 Å². The van der Waals surface area contributed by atoms with Gasteiger partial charge in [-0.25, -0.2) is 9.97 Å². The fourth-order valence-electron chi connectivity index (χ4n) is 3.08. The third kappa shape index (κ3) is 2.45. The molecule has 4 nitrogen and oxygen atoms in total. The summed E-state index contributed by atoms with van der Waals surface area (Å²) in [4.78, 5) is 11.1. The minimum absolute atomic E-state index is 0.511. The van der Waals surface area contributed by atoms with Crippen molar-refractivity contribution < 1.29 is 4.74 Å². The molecule has 1 aromatic carbocycles. The van der Waals surface area contributed by atoms with E-state index in [1.165, 1.54) is 23.2 Å². The van der Waals surface area contributed by atoms with Crippen LogP contribution in [0.4, 0.5) is 0 Å². The van der Waals surface area contributed by atoms with Crippen LogP contribution in [0.3, 0.4) is 0 Å². The van der Waals surface area contributed by atoms with Crippen molar-refractivity contribution in [3.8, 4) is 17.7 Å². The van der Waals surface area contributed by atoms with Crippen LogP contribution in [0.5, 0.6) is 11.6 Å². The fourth-order valence-corrected chi connectivity index (χ4v) is 4.42. The van der Waals surface area contributed by atoms with Crippen LogP contribution in [0.1, 0.15) is 29.3 Å². The van der Waals surface area contributed by atoms with Crippen molar-refractivity contribution in [2.75, 3.05) is 0 Å². The lowest BCUT2D eigenvalue weighted by Gasteiger charge is -2.18. The monoisotopic (exact) mass is 321 g/mol. The summed E-state index contributed by atoms with van der Waals surface area (Å²) in [5, 5.41) is 10.3. The number of nitriles is 1. The minimum Gasteiger partial charge on any atom is -0.437 e. The van der Waals surface area contributed by atoms with Gasteiger partial charge in [-0.1, -0.05) is 19.1 Å². The normalized spacial score (nSPS) is 16.8. The maximum atomic E-state index is 9.23. The van der Waals surface area contributed by atoms with Crippen LogP contribution in [0.2, 0.25) is 0 Å². The van der Waals surface area contributed by atoms with Crippen LogP contribution in [-0.2, 0) is 12.8 Å². The lowest BCUT2D eigenvalue weighted by molar-refractivity contribution is 0.465. The number of hydrogen-bond donors (Lipinski definition) is 0. The molecule has 0 N–H and O–H groups in total. The van der Waals surface area contributed by atoms with Gasteiger partial charge in [0.2, 0.25) is 5.88 Å². The van der Waals surface area contributed by atoms with Gasteiger partial charge in [-0.05, 0) is 42.9 Å². The van der Waals surface area contributed by atoms with Crippen molar-refractivity contribution in [2.24, 2.45) is 5.92 Å². The Morgan fingerprint density at radius 2 is 2.17 bits per heavy atom. The second-order valence-corrected chi connectivity index (χ2v) is 7.00. The highest BCUT2D eigenvalue weighted by Crippen LogP contribution is 2.41. The van der Waals surface area contributed by atoms with Crippen molar-refractivity contribution in [3.05, 3.63) is 46.6 Å². The molecule has 23 heavy (non-hydrogen) atoms. The first-order chi connectivity index (χ1) is 11.3. The molecule has 5 heteroatoms. The molecule has 114 valence electrons. The van der Waals surface area contributed by atoms with Crippen LogP contribution in [0, 0.1) is 17.2 Å². The Labute approximate surface area is 138 Å². The number of rotatable bonds is 2. The van der Waals surface area contributed by atoms with Crippen LogP contribution >= 0.6 is 11.3 Å². The molecule has 0 unspecified atom stereocenters. The average Bonchev–Trinajstić information content (AvgIpc) is 2.93. The highest BCUT2D eigenvalue weighted by Gasteiger charge is 2.24. The Bertz CT molecular complexity index is 926. The van der Waals surface area contributed by atoms with Crippen LogP contribution in [-0.4, -0.2) is 9.97 Å². The Morgan fingerprint density at radius 3 is 3.04 bits per heavy atom. The summed E-state index contributed by atoms with van der Waals surface area (Å²) in [6.07, 6.45) is 4.87. The number of para-hydroxylation sites is 1. The molecular formula is C18H15N3OS. The second-order valence-electron chi connectivity index (χ2n) is 5.92. The molecule has 4 rings (SSSR count). The summed E-state index contributed by atoms with van der Waals surface area (Å²) < 4.78 is 6.00. The topological polar surface area (TPSA) is 58.8 Å². The minimum atomic E-state index is 0.511. The number of nitrogens with zero attached hydrogens (tertiary/aromatic N) is 3. The number of hydrogen-bond acceptors (Lipinski definition) is 5. The zero-order valence-electron chi connectivity index (χ0n) is 12.7. The molecule has 0 saturated carbocycles. The number of aromatic nitrogens is 2. The molecule has 1 aliphatic carbocycles. The molecule has 0 saturated heterocycles. The molecule has 0 bridgehead atoms. The molecule has 0 amide bonds. The van der Waals surface area contributed by atoms with Gasteiger partial charge in [-0.3, -0.25) is 0 Å². The van der Waals surface area contributed by atoms with Gasteiger partial charge in [0.05, 0.1) is 10.9 Å². The summed E-state index contributed by atoms with van der Waals surface area (Å²) in [6, 6.07) is 9.40. The zero-order valence-corrected chi connectivity index (χ0v) is 13.6.